The Balaban J connectivity index is 3.45. The van der Waals surface area contributed by atoms with E-state index in [1.807, 2.05) is 12.1 Å². The molecule has 0 fully saturated rings. The van der Waals surface area contributed by atoms with Crippen molar-refractivity contribution >= 4 is 6.08 Å². The highest BCUT2D eigenvalue weighted by Gasteiger charge is 2.22. The molecule has 19 heavy (non-hydrogen) atoms. The van der Waals surface area contributed by atoms with Gasteiger partial charge in [-0.1, -0.05) is 59.7 Å². The van der Waals surface area contributed by atoms with Gasteiger partial charge in [-0.25, -0.2) is 4.79 Å². The molecule has 1 aromatic carbocycles. The summed E-state index contributed by atoms with van der Waals surface area (Å²) in [5.41, 5.74) is 2.83. The fourth-order valence-electron chi connectivity index (χ4n) is 1.79. The number of hydrogen-bond donors (Lipinski definition) is 1. The van der Waals surface area contributed by atoms with Gasteiger partial charge in [-0.2, -0.15) is 4.99 Å². The summed E-state index contributed by atoms with van der Waals surface area (Å²) in [6, 6.07) is 5.96. The van der Waals surface area contributed by atoms with Gasteiger partial charge < -0.3 is 5.11 Å². The van der Waals surface area contributed by atoms with Gasteiger partial charge in [0, 0.05) is 5.56 Å². The van der Waals surface area contributed by atoms with Crippen molar-refractivity contribution in [2.24, 2.45) is 4.99 Å². The second kappa shape index (κ2) is 5.28. The van der Waals surface area contributed by atoms with Crippen LogP contribution in [-0.2, 0) is 15.6 Å². The Morgan fingerprint density at radius 1 is 1.00 bits per heavy atom. The van der Waals surface area contributed by atoms with Crippen LogP contribution in [0.25, 0.3) is 0 Å². The Morgan fingerprint density at radius 3 is 1.74 bits per heavy atom. The molecular formula is C16H23NO2. The molecule has 0 aliphatic rings. The molecule has 0 bridgehead atoms. The smallest absolute Gasteiger partial charge is 0.238 e. The molecule has 1 unspecified atom stereocenters. The summed E-state index contributed by atoms with van der Waals surface area (Å²) in [7, 11) is 0. The van der Waals surface area contributed by atoms with E-state index in [0.29, 0.717) is 5.56 Å². The highest BCUT2D eigenvalue weighted by atomic mass is 16.3. The molecule has 1 rings (SSSR count). The van der Waals surface area contributed by atoms with Gasteiger partial charge in [0.1, 0.15) is 0 Å². The first-order valence-electron chi connectivity index (χ1n) is 6.46. The molecular weight excluding hydrogens is 238 g/mol. The number of hydrogen-bond acceptors (Lipinski definition) is 3. The largest absolute Gasteiger partial charge is 0.367 e. The quantitative estimate of drug-likeness (QED) is 0.653. The van der Waals surface area contributed by atoms with E-state index < -0.39 is 6.23 Å². The number of isocyanates is 1. The van der Waals surface area contributed by atoms with E-state index in [2.05, 4.69) is 52.6 Å². The Bertz CT molecular complexity index is 468. The molecule has 3 heteroatoms. The van der Waals surface area contributed by atoms with Crippen LogP contribution in [0, 0.1) is 0 Å². The topological polar surface area (TPSA) is 49.7 Å². The molecule has 0 heterocycles. The van der Waals surface area contributed by atoms with Gasteiger partial charge in [0.15, 0.2) is 6.23 Å². The predicted molar refractivity (Wildman–Crippen MR) is 76.9 cm³/mol. The number of aliphatic hydroxyl groups excluding tert-OH is 1. The zero-order valence-corrected chi connectivity index (χ0v) is 12.6. The number of carbonyl (C=O) groups excluding carboxylic acids is 1. The molecule has 3 nitrogen and oxygen atoms in total. The Kier molecular flexibility index (Phi) is 4.34. The standard InChI is InChI=1S/C16H23NO2/c1-15(2,3)12-7-11(14(19)17-10-18)8-13(9-12)16(4,5)6/h7-9,14,19H,1-6H3. The lowest BCUT2D eigenvalue weighted by molar-refractivity contribution is 0.188. The monoisotopic (exact) mass is 261 g/mol. The van der Waals surface area contributed by atoms with Gasteiger partial charge in [0.25, 0.3) is 0 Å². The lowest BCUT2D eigenvalue weighted by atomic mass is 9.79. The fraction of sp³-hybridized carbons (Fsp3) is 0.562. The van der Waals surface area contributed by atoms with E-state index in [1.165, 1.54) is 6.08 Å². The van der Waals surface area contributed by atoms with Crippen molar-refractivity contribution < 1.29 is 9.90 Å². The highest BCUT2D eigenvalue weighted by molar-refractivity contribution is 5.40. The molecule has 0 aromatic heterocycles. The Labute approximate surface area is 115 Å². The fourth-order valence-corrected chi connectivity index (χ4v) is 1.79. The first kappa shape index (κ1) is 15.6. The zero-order chi connectivity index (χ0) is 14.8. The molecule has 0 spiro atoms. The average molecular weight is 261 g/mol. The molecule has 1 N–H and O–H groups in total. The van der Waals surface area contributed by atoms with Crippen LogP contribution in [0.15, 0.2) is 23.2 Å². The first-order valence-corrected chi connectivity index (χ1v) is 6.46. The lowest BCUT2D eigenvalue weighted by Gasteiger charge is -2.26. The number of benzene rings is 1. The number of aliphatic imine (C=N–C) groups is 1. The van der Waals surface area contributed by atoms with E-state index in [1.54, 1.807) is 0 Å². The second-order valence-corrected chi connectivity index (χ2v) is 6.94. The van der Waals surface area contributed by atoms with Crippen molar-refractivity contribution in [2.75, 3.05) is 0 Å². The summed E-state index contributed by atoms with van der Waals surface area (Å²) in [5.74, 6) is 0. The Hall–Kier alpha value is -1.44. The van der Waals surface area contributed by atoms with Gasteiger partial charge in [0.2, 0.25) is 6.08 Å². The van der Waals surface area contributed by atoms with Gasteiger partial charge in [0.05, 0.1) is 0 Å². The third kappa shape index (κ3) is 4.02. The van der Waals surface area contributed by atoms with Crippen LogP contribution >= 0.6 is 0 Å². The number of nitrogens with zero attached hydrogens (tertiary/aromatic N) is 1. The minimum atomic E-state index is -1.14. The van der Waals surface area contributed by atoms with Crippen LogP contribution in [0.4, 0.5) is 0 Å². The molecule has 0 radical (unpaired) electrons. The van der Waals surface area contributed by atoms with E-state index in [0.717, 1.165) is 11.1 Å². The van der Waals surface area contributed by atoms with Gasteiger partial charge in [-0.05, 0) is 22.0 Å². The third-order valence-electron chi connectivity index (χ3n) is 3.16. The molecule has 0 saturated carbocycles. The molecule has 0 amide bonds. The summed E-state index contributed by atoms with van der Waals surface area (Å²) in [6.07, 6.45) is 0.269. The molecule has 0 aliphatic carbocycles. The van der Waals surface area contributed by atoms with E-state index in [-0.39, 0.29) is 10.8 Å². The van der Waals surface area contributed by atoms with Crippen LogP contribution in [0.1, 0.15) is 64.5 Å². The summed E-state index contributed by atoms with van der Waals surface area (Å²) < 4.78 is 0. The van der Waals surface area contributed by atoms with E-state index in [9.17, 15) is 9.90 Å². The number of rotatable bonds is 2. The van der Waals surface area contributed by atoms with Gasteiger partial charge in [-0.15, -0.1) is 0 Å². The SMILES string of the molecule is CC(C)(C)c1cc(C(O)N=C=O)cc(C(C)(C)C)c1. The van der Waals surface area contributed by atoms with Crippen LogP contribution in [0.3, 0.4) is 0 Å². The van der Waals surface area contributed by atoms with Crippen molar-refractivity contribution in [3.05, 3.63) is 34.9 Å². The van der Waals surface area contributed by atoms with Crippen molar-refractivity contribution in [3.63, 3.8) is 0 Å². The van der Waals surface area contributed by atoms with Crippen LogP contribution in [0.2, 0.25) is 0 Å². The highest BCUT2D eigenvalue weighted by Crippen LogP contribution is 2.32. The maximum Gasteiger partial charge on any atom is 0.238 e. The summed E-state index contributed by atoms with van der Waals surface area (Å²) in [6.45, 7) is 12.7. The van der Waals surface area contributed by atoms with Crippen molar-refractivity contribution in [1.82, 2.24) is 0 Å². The zero-order valence-electron chi connectivity index (χ0n) is 12.6. The van der Waals surface area contributed by atoms with E-state index in [4.69, 9.17) is 0 Å². The summed E-state index contributed by atoms with van der Waals surface area (Å²) in [4.78, 5) is 13.7. The van der Waals surface area contributed by atoms with Crippen LogP contribution in [-0.4, -0.2) is 11.2 Å². The van der Waals surface area contributed by atoms with Gasteiger partial charge >= 0.3 is 0 Å². The molecule has 104 valence electrons. The van der Waals surface area contributed by atoms with Crippen LogP contribution in [0.5, 0.6) is 0 Å². The first-order chi connectivity index (χ1) is 8.55. The van der Waals surface area contributed by atoms with Crippen molar-refractivity contribution in [2.45, 2.75) is 58.6 Å². The molecule has 1 atom stereocenters. The van der Waals surface area contributed by atoms with Crippen molar-refractivity contribution in [3.8, 4) is 0 Å². The minimum absolute atomic E-state index is 0.0272. The van der Waals surface area contributed by atoms with Crippen molar-refractivity contribution in [1.29, 1.82) is 0 Å². The summed E-state index contributed by atoms with van der Waals surface area (Å²) in [5, 5.41) is 9.87. The average Bonchev–Trinajstić information content (AvgIpc) is 2.26. The summed E-state index contributed by atoms with van der Waals surface area (Å²) >= 11 is 0. The van der Waals surface area contributed by atoms with E-state index >= 15 is 0 Å². The molecule has 0 saturated heterocycles. The lowest BCUT2D eigenvalue weighted by Crippen LogP contribution is -2.17. The Morgan fingerprint density at radius 2 is 1.42 bits per heavy atom. The minimum Gasteiger partial charge on any atom is -0.367 e. The molecule has 0 aliphatic heterocycles. The maximum atomic E-state index is 10.3. The normalized spacial score (nSPS) is 13.8. The third-order valence-corrected chi connectivity index (χ3v) is 3.16. The maximum absolute atomic E-state index is 10.3. The predicted octanol–water partition coefficient (Wildman–Crippen LogP) is 3.61. The number of aliphatic hydroxyl groups is 1. The molecule has 1 aromatic rings. The van der Waals surface area contributed by atoms with Gasteiger partial charge in [-0.3, -0.25) is 0 Å². The van der Waals surface area contributed by atoms with Crippen LogP contribution < -0.4 is 0 Å². The second-order valence-electron chi connectivity index (χ2n) is 6.94.